The van der Waals surface area contributed by atoms with Crippen LogP contribution in [0.5, 0.6) is 0 Å². The van der Waals surface area contributed by atoms with Gasteiger partial charge >= 0.3 is 24.0 Å². The van der Waals surface area contributed by atoms with Crippen LogP contribution in [-0.2, 0) is 38.1 Å². The summed E-state index contributed by atoms with van der Waals surface area (Å²) in [5, 5.41) is 11.5. The maximum atomic E-state index is 13.4. The maximum Gasteiger partial charge on any atom is 0.421 e. The van der Waals surface area contributed by atoms with Gasteiger partial charge in [0.15, 0.2) is 0 Å². The highest BCUT2D eigenvalue weighted by Crippen LogP contribution is 2.44. The summed E-state index contributed by atoms with van der Waals surface area (Å²) >= 11 is 5.37. The number of ether oxygens (including phenoxy) is 5. The normalized spacial score (nSPS) is 15.3. The summed E-state index contributed by atoms with van der Waals surface area (Å²) in [6.07, 6.45) is -1.66. The summed E-state index contributed by atoms with van der Waals surface area (Å²) in [7, 11) is 1.41. The molecule has 13 nitrogen and oxygen atoms in total. The van der Waals surface area contributed by atoms with Gasteiger partial charge in [0.1, 0.15) is 12.5 Å². The van der Waals surface area contributed by atoms with Gasteiger partial charge in [-0.2, -0.15) is 0 Å². The van der Waals surface area contributed by atoms with Gasteiger partial charge in [0.05, 0.1) is 34.7 Å². The molecule has 1 aromatic carbocycles. The van der Waals surface area contributed by atoms with Gasteiger partial charge in [0, 0.05) is 30.6 Å². The molecule has 0 aromatic heterocycles. The second-order valence-corrected chi connectivity index (χ2v) is 8.65. The molecule has 1 heterocycles. The monoisotopic (exact) mass is 568 g/mol. The zero-order valence-electron chi connectivity index (χ0n) is 22.1. The first kappa shape index (κ1) is 31.2. The van der Waals surface area contributed by atoms with E-state index in [1.807, 2.05) is 0 Å². The van der Waals surface area contributed by atoms with Crippen LogP contribution in [0.3, 0.4) is 0 Å². The number of allylic oxidation sites excluding steroid dienone is 2. The van der Waals surface area contributed by atoms with Crippen molar-refractivity contribution in [3.8, 4) is 0 Å². The molecule has 0 aliphatic carbocycles. The number of nitro benzene ring substituents is 1. The molecule has 2 rings (SSSR count). The average molecular weight is 569 g/mol. The molecule has 1 aromatic rings. The van der Waals surface area contributed by atoms with E-state index < -0.39 is 53.6 Å². The van der Waals surface area contributed by atoms with Crippen molar-refractivity contribution in [2.45, 2.75) is 39.7 Å². The number of non-ortho nitro benzene ring substituents is 1. The minimum absolute atomic E-state index is 0.0150. The Labute approximate surface area is 229 Å². The van der Waals surface area contributed by atoms with Crippen molar-refractivity contribution >= 4 is 41.3 Å². The van der Waals surface area contributed by atoms with Crippen LogP contribution in [0.4, 0.5) is 10.5 Å². The molecule has 1 unspecified atom stereocenters. The minimum Gasteiger partial charge on any atom is -0.460 e. The molecular weight excluding hydrogens is 540 g/mol. The highest BCUT2D eigenvalue weighted by molar-refractivity contribution is 6.26. The number of hydrogen-bond donors (Lipinski definition) is 0. The zero-order valence-corrected chi connectivity index (χ0v) is 22.8. The topological polar surface area (TPSA) is 161 Å². The lowest BCUT2D eigenvalue weighted by molar-refractivity contribution is -0.384. The third-order valence-corrected chi connectivity index (χ3v) is 5.66. The molecular formula is C25H29ClN2O11. The minimum atomic E-state index is -1.20. The second kappa shape index (κ2) is 14.3. The van der Waals surface area contributed by atoms with Crippen molar-refractivity contribution in [1.82, 2.24) is 4.90 Å². The first-order chi connectivity index (χ1) is 18.4. The first-order valence-corrected chi connectivity index (χ1v) is 12.2. The Balaban J connectivity index is 2.74. The number of esters is 3. The Hall–Kier alpha value is -3.97. The van der Waals surface area contributed by atoms with Gasteiger partial charge in [-0.15, -0.1) is 11.6 Å². The predicted molar refractivity (Wildman–Crippen MR) is 135 cm³/mol. The number of rotatable bonds is 11. The molecule has 1 amide bonds. The van der Waals surface area contributed by atoms with Crippen molar-refractivity contribution in [3.05, 3.63) is 62.5 Å². The molecule has 0 saturated heterocycles. The number of alkyl halides is 1. The van der Waals surface area contributed by atoms with Crippen LogP contribution in [0.25, 0.3) is 0 Å². The smallest absolute Gasteiger partial charge is 0.421 e. The molecule has 0 saturated carbocycles. The fourth-order valence-electron chi connectivity index (χ4n) is 3.83. The van der Waals surface area contributed by atoms with Crippen LogP contribution in [0.2, 0.25) is 0 Å². The van der Waals surface area contributed by atoms with E-state index >= 15 is 0 Å². The van der Waals surface area contributed by atoms with Gasteiger partial charge in [0.25, 0.3) is 5.69 Å². The summed E-state index contributed by atoms with van der Waals surface area (Å²) in [6.45, 7) is 5.18. The SMILES string of the molecule is COCCOC(=O)C1=C(C)N(C(=O)OCOC(=O)CCl)C(C)=C(C(=O)OC(C)C)C1c1cccc([N+](=O)[O-])c1. The molecule has 212 valence electrons. The lowest BCUT2D eigenvalue weighted by Crippen LogP contribution is -2.39. The number of hydrogen-bond acceptors (Lipinski definition) is 11. The number of carbonyl (C=O) groups is 4. The predicted octanol–water partition coefficient (Wildman–Crippen LogP) is 3.56. The Kier molecular flexibility index (Phi) is 11.4. The van der Waals surface area contributed by atoms with Gasteiger partial charge < -0.3 is 23.7 Å². The van der Waals surface area contributed by atoms with E-state index in [0.717, 1.165) is 4.90 Å². The fraction of sp³-hybridized carbons (Fsp3) is 0.440. The van der Waals surface area contributed by atoms with Gasteiger partial charge in [-0.1, -0.05) is 12.1 Å². The van der Waals surface area contributed by atoms with E-state index in [2.05, 4.69) is 4.74 Å². The Morgan fingerprint density at radius 1 is 1.03 bits per heavy atom. The third-order valence-electron chi connectivity index (χ3n) is 5.44. The summed E-state index contributed by atoms with van der Waals surface area (Å²) in [6, 6.07) is 5.38. The molecule has 1 aliphatic heterocycles. The van der Waals surface area contributed by atoms with Crippen molar-refractivity contribution in [2.24, 2.45) is 0 Å². The highest BCUT2D eigenvalue weighted by Gasteiger charge is 2.43. The van der Waals surface area contributed by atoms with E-state index in [-0.39, 0.29) is 47.0 Å². The number of amides is 1. The fourth-order valence-corrected chi connectivity index (χ4v) is 3.91. The lowest BCUT2D eigenvalue weighted by atomic mass is 9.79. The zero-order chi connectivity index (χ0) is 29.3. The molecule has 1 atom stereocenters. The first-order valence-electron chi connectivity index (χ1n) is 11.7. The third kappa shape index (κ3) is 7.77. The van der Waals surface area contributed by atoms with Gasteiger partial charge in [-0.05, 0) is 33.3 Å². The van der Waals surface area contributed by atoms with E-state index in [9.17, 15) is 29.3 Å². The maximum absolute atomic E-state index is 13.4. The number of nitrogens with zero attached hydrogens (tertiary/aromatic N) is 2. The summed E-state index contributed by atoms with van der Waals surface area (Å²) in [5.74, 6) is -4.29. The number of benzene rings is 1. The van der Waals surface area contributed by atoms with Crippen LogP contribution in [0, 0.1) is 10.1 Å². The average Bonchev–Trinajstić information content (AvgIpc) is 2.87. The van der Waals surface area contributed by atoms with E-state index in [0.29, 0.717) is 0 Å². The van der Waals surface area contributed by atoms with Gasteiger partial charge in [-0.25, -0.2) is 14.4 Å². The van der Waals surface area contributed by atoms with E-state index in [1.165, 1.54) is 45.2 Å². The van der Waals surface area contributed by atoms with E-state index in [1.54, 1.807) is 13.8 Å². The molecule has 0 bridgehead atoms. The van der Waals surface area contributed by atoms with Crippen molar-refractivity contribution in [2.75, 3.05) is 33.0 Å². The largest absolute Gasteiger partial charge is 0.460 e. The number of nitro groups is 1. The van der Waals surface area contributed by atoms with Crippen molar-refractivity contribution in [1.29, 1.82) is 0 Å². The Morgan fingerprint density at radius 2 is 1.67 bits per heavy atom. The van der Waals surface area contributed by atoms with Crippen LogP contribution < -0.4 is 0 Å². The standard InChI is InChI=1S/C25H29ClN2O11/c1-14(2)39-24(31)21-16(4)27(25(32)38-13-37-19(29)12-26)15(3)20(23(30)36-10-9-35-5)22(21)17-7-6-8-18(11-17)28(33)34/h6-8,11,14,22H,9-10,12-13H2,1-5H3. The van der Waals surface area contributed by atoms with E-state index in [4.69, 9.17) is 30.5 Å². The van der Waals surface area contributed by atoms with Gasteiger partial charge in [-0.3, -0.25) is 19.8 Å². The summed E-state index contributed by atoms with van der Waals surface area (Å²) < 4.78 is 25.4. The Morgan fingerprint density at radius 3 is 2.23 bits per heavy atom. The quantitative estimate of drug-likeness (QED) is 0.0729. The lowest BCUT2D eigenvalue weighted by Gasteiger charge is -2.36. The molecule has 0 N–H and O–H groups in total. The molecule has 0 fully saturated rings. The second-order valence-electron chi connectivity index (χ2n) is 8.38. The number of carbonyl (C=O) groups excluding carboxylic acids is 4. The number of halogens is 1. The van der Waals surface area contributed by atoms with Crippen LogP contribution in [-0.4, -0.2) is 72.9 Å². The molecule has 0 radical (unpaired) electrons. The van der Waals surface area contributed by atoms with Crippen molar-refractivity contribution in [3.63, 3.8) is 0 Å². The summed E-state index contributed by atoms with van der Waals surface area (Å²) in [5.41, 5.74) is -0.348. The molecule has 39 heavy (non-hydrogen) atoms. The number of methoxy groups -OCH3 is 1. The molecule has 1 aliphatic rings. The highest BCUT2D eigenvalue weighted by atomic mass is 35.5. The van der Waals surface area contributed by atoms with Crippen LogP contribution in [0.1, 0.15) is 39.2 Å². The summed E-state index contributed by atoms with van der Waals surface area (Å²) in [4.78, 5) is 63.0. The van der Waals surface area contributed by atoms with Crippen LogP contribution >= 0.6 is 11.6 Å². The molecule has 0 spiro atoms. The Bertz CT molecular complexity index is 1190. The van der Waals surface area contributed by atoms with Gasteiger partial charge in [0.2, 0.25) is 6.79 Å². The van der Waals surface area contributed by atoms with Crippen molar-refractivity contribution < 1.29 is 47.8 Å². The van der Waals surface area contributed by atoms with Crippen LogP contribution in [0.15, 0.2) is 46.8 Å². The molecule has 14 heteroatoms.